The van der Waals surface area contributed by atoms with Gasteiger partial charge in [0.05, 0.1) is 10.6 Å². The Balaban J connectivity index is 2.12. The van der Waals surface area contributed by atoms with E-state index in [1.165, 1.54) is 24.3 Å². The number of nitrogens with one attached hydrogen (secondary N) is 1. The largest absolute Gasteiger partial charge is 0.368 e. The molecule has 0 spiro atoms. The van der Waals surface area contributed by atoms with Crippen molar-refractivity contribution in [1.29, 1.82) is 0 Å². The van der Waals surface area contributed by atoms with Gasteiger partial charge in [-0.2, -0.15) is 0 Å². The molecule has 3 N–H and O–H groups in total. The Labute approximate surface area is 132 Å². The number of rotatable bonds is 5. The zero-order valence-electron chi connectivity index (χ0n) is 11.6. The van der Waals surface area contributed by atoms with E-state index in [0.29, 0.717) is 5.56 Å². The third-order valence-corrected chi connectivity index (χ3v) is 3.45. The third kappa shape index (κ3) is 4.05. The standard InChI is InChI=1S/C16H14ClFN2O2/c17-13-4-2-1-3-12(13)16(22)20-14(15(19)21)9-10-5-7-11(18)8-6-10/h1-8,14H,9H2,(H2,19,21)(H,20,22)/t14-/m1/s1. The first-order valence-electron chi connectivity index (χ1n) is 6.56. The fourth-order valence-electron chi connectivity index (χ4n) is 1.96. The molecular weight excluding hydrogens is 307 g/mol. The van der Waals surface area contributed by atoms with E-state index in [1.54, 1.807) is 24.3 Å². The Kier molecular flexibility index (Phi) is 5.12. The Morgan fingerprint density at radius 2 is 1.77 bits per heavy atom. The predicted octanol–water partition coefficient (Wildman–Crippen LogP) is 2.31. The van der Waals surface area contributed by atoms with Gasteiger partial charge < -0.3 is 11.1 Å². The second kappa shape index (κ2) is 7.04. The molecule has 0 heterocycles. The zero-order valence-corrected chi connectivity index (χ0v) is 12.3. The van der Waals surface area contributed by atoms with Crippen molar-refractivity contribution in [3.63, 3.8) is 0 Å². The molecule has 0 aliphatic heterocycles. The molecule has 0 unspecified atom stereocenters. The summed E-state index contributed by atoms with van der Waals surface area (Å²) < 4.78 is 12.9. The number of halogens is 2. The summed E-state index contributed by atoms with van der Waals surface area (Å²) >= 11 is 5.94. The van der Waals surface area contributed by atoms with Crippen LogP contribution in [0, 0.1) is 5.82 Å². The van der Waals surface area contributed by atoms with E-state index in [4.69, 9.17) is 17.3 Å². The second-order valence-corrected chi connectivity index (χ2v) is 5.15. The summed E-state index contributed by atoms with van der Waals surface area (Å²) in [5.41, 5.74) is 6.26. The van der Waals surface area contributed by atoms with E-state index in [9.17, 15) is 14.0 Å². The molecule has 4 nitrogen and oxygen atoms in total. The number of benzene rings is 2. The lowest BCUT2D eigenvalue weighted by atomic mass is 10.0. The summed E-state index contributed by atoms with van der Waals surface area (Å²) in [5, 5.41) is 2.83. The summed E-state index contributed by atoms with van der Waals surface area (Å²) in [6, 6.07) is 11.2. The normalized spacial score (nSPS) is 11.7. The van der Waals surface area contributed by atoms with E-state index in [0.717, 1.165) is 0 Å². The lowest BCUT2D eigenvalue weighted by Crippen LogP contribution is -2.45. The minimum atomic E-state index is -0.908. The first-order chi connectivity index (χ1) is 10.5. The monoisotopic (exact) mass is 320 g/mol. The van der Waals surface area contributed by atoms with Crippen molar-refractivity contribution < 1.29 is 14.0 Å². The van der Waals surface area contributed by atoms with Crippen LogP contribution in [0.2, 0.25) is 5.02 Å². The highest BCUT2D eigenvalue weighted by molar-refractivity contribution is 6.33. The average molecular weight is 321 g/mol. The highest BCUT2D eigenvalue weighted by atomic mass is 35.5. The molecule has 0 saturated carbocycles. The molecule has 114 valence electrons. The Hall–Kier alpha value is -2.40. The fourth-order valence-corrected chi connectivity index (χ4v) is 2.18. The van der Waals surface area contributed by atoms with E-state index in [-0.39, 0.29) is 22.8 Å². The van der Waals surface area contributed by atoms with Crippen LogP contribution in [0.4, 0.5) is 4.39 Å². The molecule has 2 rings (SSSR count). The molecule has 1 atom stereocenters. The molecule has 0 bridgehead atoms. The number of primary amides is 1. The van der Waals surface area contributed by atoms with Gasteiger partial charge in [0.15, 0.2) is 0 Å². The van der Waals surface area contributed by atoms with E-state index in [2.05, 4.69) is 5.32 Å². The number of amides is 2. The molecule has 6 heteroatoms. The van der Waals surface area contributed by atoms with Gasteiger partial charge in [0.25, 0.3) is 5.91 Å². The van der Waals surface area contributed by atoms with E-state index in [1.807, 2.05) is 0 Å². The third-order valence-electron chi connectivity index (χ3n) is 3.12. The first-order valence-corrected chi connectivity index (χ1v) is 6.94. The van der Waals surface area contributed by atoms with Crippen LogP contribution < -0.4 is 11.1 Å². The number of hydrogen-bond acceptors (Lipinski definition) is 2. The number of carbonyl (C=O) groups excluding carboxylic acids is 2. The van der Waals surface area contributed by atoms with Crippen molar-refractivity contribution in [1.82, 2.24) is 5.32 Å². The van der Waals surface area contributed by atoms with Gasteiger partial charge in [-0.25, -0.2) is 4.39 Å². The molecule has 2 amide bonds. The molecule has 0 saturated heterocycles. The van der Waals surface area contributed by atoms with Crippen LogP contribution in [0.25, 0.3) is 0 Å². The van der Waals surface area contributed by atoms with Gasteiger partial charge in [0, 0.05) is 6.42 Å². The minimum Gasteiger partial charge on any atom is -0.368 e. The second-order valence-electron chi connectivity index (χ2n) is 4.74. The summed E-state index contributed by atoms with van der Waals surface area (Å²) in [4.78, 5) is 23.7. The van der Waals surface area contributed by atoms with Gasteiger partial charge in [0.1, 0.15) is 11.9 Å². The van der Waals surface area contributed by atoms with Gasteiger partial charge in [-0.3, -0.25) is 9.59 Å². The number of carbonyl (C=O) groups is 2. The summed E-state index contributed by atoms with van der Waals surface area (Å²) in [6.07, 6.45) is 0.172. The highest BCUT2D eigenvalue weighted by Gasteiger charge is 2.20. The number of hydrogen-bond donors (Lipinski definition) is 2. The van der Waals surface area contributed by atoms with E-state index >= 15 is 0 Å². The van der Waals surface area contributed by atoms with Gasteiger partial charge in [0.2, 0.25) is 5.91 Å². The quantitative estimate of drug-likeness (QED) is 0.887. The molecule has 0 aliphatic carbocycles. The summed E-state index contributed by atoms with van der Waals surface area (Å²) in [7, 11) is 0. The van der Waals surface area contributed by atoms with Gasteiger partial charge in [-0.1, -0.05) is 35.9 Å². The highest BCUT2D eigenvalue weighted by Crippen LogP contribution is 2.15. The molecular formula is C16H14ClFN2O2. The maximum absolute atomic E-state index is 12.9. The van der Waals surface area contributed by atoms with Crippen LogP contribution in [-0.2, 0) is 11.2 Å². The summed E-state index contributed by atoms with van der Waals surface area (Å²) in [5.74, 6) is -1.54. The van der Waals surface area contributed by atoms with Crippen molar-refractivity contribution in [2.24, 2.45) is 5.73 Å². The van der Waals surface area contributed by atoms with Gasteiger partial charge >= 0.3 is 0 Å². The fraction of sp³-hybridized carbons (Fsp3) is 0.125. The molecule has 0 aromatic heterocycles. The lowest BCUT2D eigenvalue weighted by Gasteiger charge is -2.16. The van der Waals surface area contributed by atoms with E-state index < -0.39 is 17.9 Å². The van der Waals surface area contributed by atoms with Crippen molar-refractivity contribution in [2.45, 2.75) is 12.5 Å². The maximum atomic E-state index is 12.9. The maximum Gasteiger partial charge on any atom is 0.253 e. The van der Waals surface area contributed by atoms with Crippen LogP contribution in [-0.4, -0.2) is 17.9 Å². The lowest BCUT2D eigenvalue weighted by molar-refractivity contribution is -0.119. The molecule has 0 radical (unpaired) electrons. The summed E-state index contributed by atoms with van der Waals surface area (Å²) in [6.45, 7) is 0. The number of nitrogens with two attached hydrogens (primary N) is 1. The average Bonchev–Trinajstić information content (AvgIpc) is 2.49. The zero-order chi connectivity index (χ0) is 16.1. The van der Waals surface area contributed by atoms with Crippen molar-refractivity contribution in [3.05, 3.63) is 70.5 Å². The van der Waals surface area contributed by atoms with Crippen LogP contribution in [0.1, 0.15) is 15.9 Å². The Morgan fingerprint density at radius 1 is 1.14 bits per heavy atom. The smallest absolute Gasteiger partial charge is 0.253 e. The first kappa shape index (κ1) is 16.0. The topological polar surface area (TPSA) is 72.2 Å². The van der Waals surface area contributed by atoms with Crippen LogP contribution in [0.3, 0.4) is 0 Å². The minimum absolute atomic E-state index is 0.172. The SMILES string of the molecule is NC(=O)[C@@H](Cc1ccc(F)cc1)NC(=O)c1ccccc1Cl. The van der Waals surface area contributed by atoms with Crippen molar-refractivity contribution in [2.75, 3.05) is 0 Å². The van der Waals surface area contributed by atoms with Crippen LogP contribution in [0.5, 0.6) is 0 Å². The van der Waals surface area contributed by atoms with Crippen molar-refractivity contribution in [3.8, 4) is 0 Å². The molecule has 2 aromatic rings. The Bertz CT molecular complexity index is 689. The molecule has 0 aliphatic rings. The predicted molar refractivity (Wildman–Crippen MR) is 82.0 cm³/mol. The molecule has 2 aromatic carbocycles. The van der Waals surface area contributed by atoms with Crippen molar-refractivity contribution >= 4 is 23.4 Å². The van der Waals surface area contributed by atoms with Crippen LogP contribution >= 0.6 is 11.6 Å². The van der Waals surface area contributed by atoms with Gasteiger partial charge in [-0.05, 0) is 29.8 Å². The Morgan fingerprint density at radius 3 is 2.36 bits per heavy atom. The van der Waals surface area contributed by atoms with Crippen LogP contribution in [0.15, 0.2) is 48.5 Å². The molecule has 0 fully saturated rings. The molecule has 22 heavy (non-hydrogen) atoms. The van der Waals surface area contributed by atoms with Gasteiger partial charge in [-0.15, -0.1) is 0 Å².